The van der Waals surface area contributed by atoms with Gasteiger partial charge in [-0.1, -0.05) is 17.7 Å². The Balaban J connectivity index is 1.76. The normalized spacial score (nSPS) is 10.2. The molecule has 2 aromatic carbocycles. The number of benzene rings is 2. The minimum atomic E-state index is -0.512. The molecule has 0 aliphatic rings. The smallest absolute Gasteiger partial charge is 0.269 e. The molecule has 0 saturated heterocycles. The van der Waals surface area contributed by atoms with Gasteiger partial charge in [-0.3, -0.25) is 14.9 Å². The molecule has 0 spiro atoms. The molecule has 2 N–H and O–H groups in total. The number of amides is 1. The van der Waals surface area contributed by atoms with Crippen LogP contribution in [-0.4, -0.2) is 23.9 Å². The van der Waals surface area contributed by atoms with E-state index in [0.29, 0.717) is 18.8 Å². The molecule has 1 amide bonds. The van der Waals surface area contributed by atoms with Crippen molar-refractivity contribution in [2.24, 2.45) is 0 Å². The highest BCUT2D eigenvalue weighted by molar-refractivity contribution is 6.31. The number of nitrogens with one attached hydrogen (secondary N) is 2. The minimum absolute atomic E-state index is 0.00983. The number of anilines is 1. The third kappa shape index (κ3) is 4.92. The fourth-order valence-corrected chi connectivity index (χ4v) is 2.26. The van der Waals surface area contributed by atoms with Crippen LogP contribution in [0.5, 0.6) is 0 Å². The lowest BCUT2D eigenvalue weighted by Crippen LogP contribution is -2.30. The van der Waals surface area contributed by atoms with Gasteiger partial charge in [-0.15, -0.1) is 0 Å². The highest BCUT2D eigenvalue weighted by Gasteiger charge is 2.11. The van der Waals surface area contributed by atoms with Crippen LogP contribution in [0.3, 0.4) is 0 Å². The number of non-ortho nitro benzene ring substituents is 1. The Kier molecular flexibility index (Phi) is 6.08. The van der Waals surface area contributed by atoms with Crippen LogP contribution < -0.4 is 10.6 Å². The maximum atomic E-state index is 13.6. The fourth-order valence-electron chi connectivity index (χ4n) is 2.03. The molecular formula is C16H15ClFN3O3. The van der Waals surface area contributed by atoms with Crippen LogP contribution >= 0.6 is 11.6 Å². The molecule has 126 valence electrons. The van der Waals surface area contributed by atoms with Gasteiger partial charge in [-0.2, -0.15) is 0 Å². The van der Waals surface area contributed by atoms with E-state index in [1.165, 1.54) is 30.3 Å². The molecule has 2 aromatic rings. The Bertz CT molecular complexity index is 718. The lowest BCUT2D eigenvalue weighted by atomic mass is 10.1. The van der Waals surface area contributed by atoms with E-state index in [1.54, 1.807) is 12.1 Å². The van der Waals surface area contributed by atoms with Crippen LogP contribution in [0.2, 0.25) is 5.02 Å². The Morgan fingerprint density at radius 3 is 2.50 bits per heavy atom. The van der Waals surface area contributed by atoms with Gasteiger partial charge < -0.3 is 10.6 Å². The predicted octanol–water partition coefficient (Wildman–Crippen LogP) is 3.16. The van der Waals surface area contributed by atoms with Gasteiger partial charge in [0.25, 0.3) is 5.69 Å². The third-order valence-electron chi connectivity index (χ3n) is 3.25. The van der Waals surface area contributed by atoms with E-state index in [0.717, 1.165) is 0 Å². The average molecular weight is 352 g/mol. The number of halogens is 2. The molecule has 6 nitrogen and oxygen atoms in total. The lowest BCUT2D eigenvalue weighted by molar-refractivity contribution is -0.384. The van der Waals surface area contributed by atoms with Gasteiger partial charge in [0, 0.05) is 41.5 Å². The Labute approximate surface area is 142 Å². The fraction of sp³-hybridized carbons (Fsp3) is 0.188. The topological polar surface area (TPSA) is 84.3 Å². The molecule has 0 fully saturated rings. The maximum Gasteiger partial charge on any atom is 0.269 e. The first-order valence-corrected chi connectivity index (χ1v) is 7.53. The Morgan fingerprint density at radius 1 is 1.17 bits per heavy atom. The molecular weight excluding hydrogens is 337 g/mol. The summed E-state index contributed by atoms with van der Waals surface area (Å²) < 4.78 is 13.6. The zero-order valence-electron chi connectivity index (χ0n) is 12.6. The first-order valence-electron chi connectivity index (χ1n) is 7.15. The summed E-state index contributed by atoms with van der Waals surface area (Å²) in [6.45, 7) is 0.746. The molecule has 2 rings (SSSR count). The van der Waals surface area contributed by atoms with E-state index in [-0.39, 0.29) is 28.6 Å². The summed E-state index contributed by atoms with van der Waals surface area (Å²) >= 11 is 5.87. The highest BCUT2D eigenvalue weighted by atomic mass is 35.5. The summed E-state index contributed by atoms with van der Waals surface area (Å²) in [5.74, 6) is -0.853. The summed E-state index contributed by atoms with van der Waals surface area (Å²) in [6, 6.07) is 10.2. The van der Waals surface area contributed by atoms with Gasteiger partial charge >= 0.3 is 0 Å². The van der Waals surface area contributed by atoms with E-state index in [1.807, 2.05) is 0 Å². The maximum absolute atomic E-state index is 13.6. The highest BCUT2D eigenvalue weighted by Crippen LogP contribution is 2.19. The van der Waals surface area contributed by atoms with Crippen LogP contribution in [0.15, 0.2) is 42.5 Å². The van der Waals surface area contributed by atoms with Gasteiger partial charge in [0.2, 0.25) is 5.91 Å². The molecule has 0 atom stereocenters. The number of carbonyl (C=O) groups excluding carboxylic acids is 1. The number of rotatable bonds is 7. The van der Waals surface area contributed by atoms with Crippen LogP contribution in [-0.2, 0) is 11.2 Å². The first-order chi connectivity index (χ1) is 11.5. The van der Waals surface area contributed by atoms with Crippen molar-refractivity contribution in [3.05, 3.63) is 69.0 Å². The van der Waals surface area contributed by atoms with Crippen molar-refractivity contribution in [1.82, 2.24) is 5.32 Å². The van der Waals surface area contributed by atoms with E-state index in [2.05, 4.69) is 10.6 Å². The van der Waals surface area contributed by atoms with E-state index in [9.17, 15) is 19.3 Å². The van der Waals surface area contributed by atoms with Crippen LogP contribution in [0.1, 0.15) is 5.56 Å². The van der Waals surface area contributed by atoms with Gasteiger partial charge in [0.05, 0.1) is 11.3 Å². The van der Waals surface area contributed by atoms with Crippen LogP contribution in [0.4, 0.5) is 15.8 Å². The third-order valence-corrected chi connectivity index (χ3v) is 3.61. The average Bonchev–Trinajstić information content (AvgIpc) is 2.55. The molecule has 8 heteroatoms. The molecule has 24 heavy (non-hydrogen) atoms. The second-order valence-corrected chi connectivity index (χ2v) is 5.36. The van der Waals surface area contributed by atoms with Crippen molar-refractivity contribution in [3.8, 4) is 0 Å². The zero-order chi connectivity index (χ0) is 17.5. The zero-order valence-corrected chi connectivity index (χ0v) is 13.3. The molecule has 0 saturated carbocycles. The molecule has 0 unspecified atom stereocenters. The van der Waals surface area contributed by atoms with Crippen LogP contribution in [0, 0.1) is 15.9 Å². The van der Waals surface area contributed by atoms with E-state index in [4.69, 9.17) is 11.6 Å². The van der Waals surface area contributed by atoms with Gasteiger partial charge in [0.1, 0.15) is 5.82 Å². The Hall–Kier alpha value is -2.67. The first kappa shape index (κ1) is 17.7. The van der Waals surface area contributed by atoms with Gasteiger partial charge in [-0.25, -0.2) is 4.39 Å². The number of hydrogen-bond donors (Lipinski definition) is 2. The van der Waals surface area contributed by atoms with Crippen molar-refractivity contribution in [1.29, 1.82) is 0 Å². The summed E-state index contributed by atoms with van der Waals surface area (Å²) in [6.07, 6.45) is -0.136. The van der Waals surface area contributed by atoms with Crippen molar-refractivity contribution >= 4 is 28.9 Å². The summed E-state index contributed by atoms with van der Waals surface area (Å²) in [5, 5.41) is 16.4. The number of nitro groups is 1. The van der Waals surface area contributed by atoms with Crippen LogP contribution in [0.25, 0.3) is 0 Å². The summed E-state index contributed by atoms with van der Waals surface area (Å²) in [4.78, 5) is 21.9. The molecule has 0 heterocycles. The number of nitrogens with zero attached hydrogens (tertiary/aromatic N) is 1. The van der Waals surface area contributed by atoms with Gasteiger partial charge in [-0.05, 0) is 24.3 Å². The van der Waals surface area contributed by atoms with Crippen molar-refractivity contribution in [2.45, 2.75) is 6.42 Å². The largest absolute Gasteiger partial charge is 0.383 e. The second kappa shape index (κ2) is 8.26. The van der Waals surface area contributed by atoms with Crippen molar-refractivity contribution < 1.29 is 14.1 Å². The summed E-state index contributed by atoms with van der Waals surface area (Å²) in [7, 11) is 0. The SMILES string of the molecule is O=C(Cc1c(F)cccc1Cl)NCCNc1ccc([N+](=O)[O-])cc1. The quantitative estimate of drug-likeness (QED) is 0.456. The van der Waals surface area contributed by atoms with E-state index < -0.39 is 10.7 Å². The monoisotopic (exact) mass is 351 g/mol. The molecule has 0 aliphatic carbocycles. The van der Waals surface area contributed by atoms with Crippen molar-refractivity contribution in [3.63, 3.8) is 0 Å². The minimum Gasteiger partial charge on any atom is -0.383 e. The number of carbonyl (C=O) groups is 1. The number of hydrogen-bond acceptors (Lipinski definition) is 4. The molecule has 0 bridgehead atoms. The predicted molar refractivity (Wildman–Crippen MR) is 89.7 cm³/mol. The summed E-state index contributed by atoms with van der Waals surface area (Å²) in [5.41, 5.74) is 0.877. The Morgan fingerprint density at radius 2 is 1.88 bits per heavy atom. The second-order valence-electron chi connectivity index (χ2n) is 4.96. The molecule has 0 aromatic heterocycles. The number of nitro benzene ring substituents is 1. The molecule has 0 radical (unpaired) electrons. The van der Waals surface area contributed by atoms with Crippen molar-refractivity contribution in [2.75, 3.05) is 18.4 Å². The lowest BCUT2D eigenvalue weighted by Gasteiger charge is -2.09. The van der Waals surface area contributed by atoms with E-state index >= 15 is 0 Å². The standard InChI is InChI=1S/C16H15ClFN3O3/c17-14-2-1-3-15(18)13(14)10-16(22)20-9-8-19-11-4-6-12(7-5-11)21(23)24/h1-7,19H,8-10H2,(H,20,22). The van der Waals surface area contributed by atoms with Gasteiger partial charge in [0.15, 0.2) is 0 Å². The molecule has 0 aliphatic heterocycles.